The fraction of sp³-hybridized carbons (Fsp3) is 0.833. The third-order valence-electron chi connectivity index (χ3n) is 3.03. The Labute approximate surface area is 107 Å². The van der Waals surface area contributed by atoms with Crippen LogP contribution in [0.4, 0.5) is 0 Å². The van der Waals surface area contributed by atoms with Gasteiger partial charge in [-0.1, -0.05) is 0 Å². The summed E-state index contributed by atoms with van der Waals surface area (Å²) in [5, 5.41) is 8.86. The average molecular weight is 258 g/mol. The molecule has 1 fully saturated rings. The van der Waals surface area contributed by atoms with Crippen LogP contribution in [0.1, 0.15) is 12.8 Å². The van der Waals surface area contributed by atoms with Crippen molar-refractivity contribution in [3.05, 3.63) is 0 Å². The van der Waals surface area contributed by atoms with Crippen molar-refractivity contribution in [2.45, 2.75) is 12.8 Å². The molecule has 0 aliphatic carbocycles. The number of aliphatic carboxylic acids is 1. The number of nitrogens with zero attached hydrogens (tertiary/aromatic N) is 2. The van der Waals surface area contributed by atoms with Gasteiger partial charge in [0.15, 0.2) is 0 Å². The van der Waals surface area contributed by atoms with E-state index >= 15 is 0 Å². The maximum absolute atomic E-state index is 12.2. The van der Waals surface area contributed by atoms with E-state index in [1.807, 2.05) is 19.0 Å². The van der Waals surface area contributed by atoms with Crippen LogP contribution in [-0.4, -0.2) is 73.7 Å². The van der Waals surface area contributed by atoms with Crippen LogP contribution in [0.15, 0.2) is 0 Å². The van der Waals surface area contributed by atoms with Crippen LogP contribution in [0.3, 0.4) is 0 Å². The Balaban J connectivity index is 2.55. The van der Waals surface area contributed by atoms with Gasteiger partial charge in [-0.15, -0.1) is 0 Å². The maximum Gasteiger partial charge on any atom is 0.323 e. The minimum Gasteiger partial charge on any atom is -0.480 e. The standard InChI is InChI=1S/C12H22N2O4/c1-13(2)5-6-14(9-11(15)16)12(17)10-3-7-18-8-4-10/h10H,3-9H2,1-2H3,(H,15,16). The van der Waals surface area contributed by atoms with E-state index in [0.29, 0.717) is 39.1 Å². The van der Waals surface area contributed by atoms with Gasteiger partial charge in [0.1, 0.15) is 6.54 Å². The summed E-state index contributed by atoms with van der Waals surface area (Å²) in [6, 6.07) is 0. The Morgan fingerprint density at radius 3 is 2.33 bits per heavy atom. The van der Waals surface area contributed by atoms with Crippen molar-refractivity contribution in [1.29, 1.82) is 0 Å². The molecular formula is C12H22N2O4. The fourth-order valence-corrected chi connectivity index (χ4v) is 1.95. The number of carbonyl (C=O) groups excluding carboxylic acids is 1. The van der Waals surface area contributed by atoms with E-state index in [-0.39, 0.29) is 18.4 Å². The normalized spacial score (nSPS) is 16.8. The van der Waals surface area contributed by atoms with Crippen LogP contribution in [-0.2, 0) is 14.3 Å². The number of likely N-dealkylation sites (N-methyl/N-ethyl adjacent to an activating group) is 1. The van der Waals surface area contributed by atoms with Gasteiger partial charge in [0, 0.05) is 32.2 Å². The van der Waals surface area contributed by atoms with E-state index in [1.165, 1.54) is 4.90 Å². The van der Waals surface area contributed by atoms with Gasteiger partial charge in [0.25, 0.3) is 0 Å². The first-order valence-corrected chi connectivity index (χ1v) is 6.23. The largest absolute Gasteiger partial charge is 0.480 e. The summed E-state index contributed by atoms with van der Waals surface area (Å²) < 4.78 is 5.21. The molecule has 1 saturated heterocycles. The summed E-state index contributed by atoms with van der Waals surface area (Å²) in [6.07, 6.45) is 1.38. The van der Waals surface area contributed by atoms with Crippen molar-refractivity contribution in [2.75, 3.05) is 46.9 Å². The summed E-state index contributed by atoms with van der Waals surface area (Å²) >= 11 is 0. The molecule has 1 aliphatic heterocycles. The molecule has 1 heterocycles. The molecule has 0 aromatic heterocycles. The number of carboxylic acids is 1. The number of ether oxygens (including phenoxy) is 1. The summed E-state index contributed by atoms with van der Waals surface area (Å²) in [5.41, 5.74) is 0. The van der Waals surface area contributed by atoms with Gasteiger partial charge in [0.05, 0.1) is 0 Å². The lowest BCUT2D eigenvalue weighted by molar-refractivity contribution is -0.147. The fourth-order valence-electron chi connectivity index (χ4n) is 1.95. The molecular weight excluding hydrogens is 236 g/mol. The quantitative estimate of drug-likeness (QED) is 0.719. The summed E-state index contributed by atoms with van der Waals surface area (Å²) in [6.45, 7) is 2.08. The maximum atomic E-state index is 12.2. The molecule has 6 nitrogen and oxygen atoms in total. The SMILES string of the molecule is CN(C)CCN(CC(=O)O)C(=O)C1CCOCC1. The first-order valence-electron chi connectivity index (χ1n) is 6.23. The molecule has 0 unspecified atom stereocenters. The first-order chi connectivity index (χ1) is 8.50. The van der Waals surface area contributed by atoms with Crippen molar-refractivity contribution >= 4 is 11.9 Å². The Kier molecular flexibility index (Phi) is 6.07. The lowest BCUT2D eigenvalue weighted by Gasteiger charge is -2.29. The Hall–Kier alpha value is -1.14. The highest BCUT2D eigenvalue weighted by Crippen LogP contribution is 2.17. The van der Waals surface area contributed by atoms with E-state index in [2.05, 4.69) is 0 Å². The molecule has 0 aromatic rings. The minimum absolute atomic E-state index is 0.0532. The van der Waals surface area contributed by atoms with Gasteiger partial charge >= 0.3 is 5.97 Å². The molecule has 0 radical (unpaired) electrons. The van der Waals surface area contributed by atoms with Crippen LogP contribution >= 0.6 is 0 Å². The number of carbonyl (C=O) groups is 2. The summed E-state index contributed by atoms with van der Waals surface area (Å²) in [4.78, 5) is 26.4. The average Bonchev–Trinajstić information content (AvgIpc) is 2.34. The van der Waals surface area contributed by atoms with Gasteiger partial charge in [-0.05, 0) is 26.9 Å². The molecule has 1 N–H and O–H groups in total. The highest BCUT2D eigenvalue weighted by Gasteiger charge is 2.27. The second-order valence-electron chi connectivity index (χ2n) is 4.84. The minimum atomic E-state index is -0.964. The third kappa shape index (κ3) is 5.01. The zero-order valence-electron chi connectivity index (χ0n) is 11.1. The molecule has 1 amide bonds. The zero-order valence-corrected chi connectivity index (χ0v) is 11.1. The second-order valence-corrected chi connectivity index (χ2v) is 4.84. The van der Waals surface area contributed by atoms with Gasteiger partial charge in [-0.25, -0.2) is 0 Å². The molecule has 0 saturated carbocycles. The smallest absolute Gasteiger partial charge is 0.323 e. The molecule has 104 valence electrons. The highest BCUT2D eigenvalue weighted by molar-refractivity contribution is 5.83. The van der Waals surface area contributed by atoms with Gasteiger partial charge in [-0.3, -0.25) is 9.59 Å². The van der Waals surface area contributed by atoms with Gasteiger partial charge < -0.3 is 19.6 Å². The molecule has 0 atom stereocenters. The van der Waals surface area contributed by atoms with Crippen LogP contribution in [0.25, 0.3) is 0 Å². The third-order valence-corrected chi connectivity index (χ3v) is 3.03. The number of hydrogen-bond acceptors (Lipinski definition) is 4. The molecule has 18 heavy (non-hydrogen) atoms. The van der Waals surface area contributed by atoms with E-state index < -0.39 is 5.97 Å². The predicted octanol–water partition coefficient (Wildman–Crippen LogP) is -0.112. The van der Waals surface area contributed by atoms with Crippen LogP contribution in [0, 0.1) is 5.92 Å². The highest BCUT2D eigenvalue weighted by atomic mass is 16.5. The van der Waals surface area contributed by atoms with Gasteiger partial charge in [-0.2, -0.15) is 0 Å². The molecule has 0 bridgehead atoms. The summed E-state index contributed by atoms with van der Waals surface area (Å²) in [5.74, 6) is -1.10. The van der Waals surface area contributed by atoms with Crippen LogP contribution in [0.5, 0.6) is 0 Å². The predicted molar refractivity (Wildman–Crippen MR) is 66.3 cm³/mol. The second kappa shape index (κ2) is 7.33. The van der Waals surface area contributed by atoms with E-state index in [9.17, 15) is 9.59 Å². The lowest BCUT2D eigenvalue weighted by atomic mass is 9.98. The van der Waals surface area contributed by atoms with E-state index in [1.54, 1.807) is 0 Å². The molecule has 0 aromatic carbocycles. The zero-order chi connectivity index (χ0) is 13.5. The number of rotatable bonds is 6. The van der Waals surface area contributed by atoms with Crippen molar-refractivity contribution in [1.82, 2.24) is 9.80 Å². The first kappa shape index (κ1) is 14.9. The summed E-state index contributed by atoms with van der Waals surface area (Å²) in [7, 11) is 3.80. The van der Waals surface area contributed by atoms with Crippen molar-refractivity contribution < 1.29 is 19.4 Å². The number of carboxylic acid groups (broad SMARTS) is 1. The molecule has 1 rings (SSSR count). The van der Waals surface area contributed by atoms with Crippen LogP contribution in [0.2, 0.25) is 0 Å². The van der Waals surface area contributed by atoms with Crippen molar-refractivity contribution in [3.63, 3.8) is 0 Å². The number of hydrogen-bond donors (Lipinski definition) is 1. The Morgan fingerprint density at radius 1 is 1.22 bits per heavy atom. The Bertz CT molecular complexity index is 288. The molecule has 0 spiro atoms. The molecule has 6 heteroatoms. The van der Waals surface area contributed by atoms with Crippen molar-refractivity contribution in [2.24, 2.45) is 5.92 Å². The monoisotopic (exact) mass is 258 g/mol. The number of amides is 1. The molecule has 1 aliphatic rings. The van der Waals surface area contributed by atoms with E-state index in [0.717, 1.165) is 0 Å². The lowest BCUT2D eigenvalue weighted by Crippen LogP contribution is -2.44. The van der Waals surface area contributed by atoms with Gasteiger partial charge in [0.2, 0.25) is 5.91 Å². The van der Waals surface area contributed by atoms with Crippen LogP contribution < -0.4 is 0 Å². The Morgan fingerprint density at radius 2 is 1.83 bits per heavy atom. The van der Waals surface area contributed by atoms with Crippen molar-refractivity contribution in [3.8, 4) is 0 Å². The topological polar surface area (TPSA) is 70.1 Å². The van der Waals surface area contributed by atoms with E-state index in [4.69, 9.17) is 9.84 Å².